The number of carboxylic acids is 1. The van der Waals surface area contributed by atoms with Gasteiger partial charge in [-0.25, -0.2) is 4.68 Å². The van der Waals surface area contributed by atoms with Gasteiger partial charge in [0.05, 0.1) is 23.1 Å². The highest BCUT2D eigenvalue weighted by atomic mass is 16.4. The van der Waals surface area contributed by atoms with Crippen molar-refractivity contribution < 1.29 is 14.7 Å². The molecule has 0 aliphatic carbocycles. The first-order valence-electron chi connectivity index (χ1n) is 7.12. The molecule has 116 valence electrons. The van der Waals surface area contributed by atoms with Crippen LogP contribution in [0.1, 0.15) is 35.5 Å². The Morgan fingerprint density at radius 1 is 1.36 bits per heavy atom. The van der Waals surface area contributed by atoms with Crippen molar-refractivity contribution in [3.8, 4) is 5.69 Å². The number of nitrogens with one attached hydrogen (secondary N) is 1. The van der Waals surface area contributed by atoms with Crippen LogP contribution in [0.15, 0.2) is 30.5 Å². The van der Waals surface area contributed by atoms with Crippen LogP contribution >= 0.6 is 0 Å². The topological polar surface area (TPSA) is 84.2 Å². The number of aromatic nitrogens is 2. The lowest BCUT2D eigenvalue weighted by Crippen LogP contribution is -2.38. The molecule has 2 N–H and O–H groups in total. The first-order valence-corrected chi connectivity index (χ1v) is 7.12. The summed E-state index contributed by atoms with van der Waals surface area (Å²) in [5.41, 5.74) is 3.11. The molecule has 0 aliphatic rings. The van der Waals surface area contributed by atoms with Crippen molar-refractivity contribution in [1.29, 1.82) is 0 Å². The molecular formula is C16H19N3O3. The summed E-state index contributed by atoms with van der Waals surface area (Å²) in [5.74, 6) is -1.50. The Hall–Kier alpha value is -2.63. The van der Waals surface area contributed by atoms with Gasteiger partial charge < -0.3 is 10.4 Å². The fourth-order valence-corrected chi connectivity index (χ4v) is 2.25. The third-order valence-electron chi connectivity index (χ3n) is 3.51. The average molecular weight is 301 g/mol. The molecule has 1 atom stereocenters. The summed E-state index contributed by atoms with van der Waals surface area (Å²) in [7, 11) is 0. The lowest BCUT2D eigenvalue weighted by atomic mass is 10.1. The van der Waals surface area contributed by atoms with Crippen LogP contribution in [0, 0.1) is 6.92 Å². The molecule has 0 radical (unpaired) electrons. The number of nitrogens with zero attached hydrogens (tertiary/aromatic N) is 2. The SMILES string of the molecule is CCc1c(C(=O)NC(C)C(=O)O)cnn1-c1ccccc1C. The third kappa shape index (κ3) is 3.00. The summed E-state index contributed by atoms with van der Waals surface area (Å²) in [6.45, 7) is 5.34. The van der Waals surface area contributed by atoms with Crippen LogP contribution in [0.5, 0.6) is 0 Å². The normalized spacial score (nSPS) is 12.0. The number of amides is 1. The minimum Gasteiger partial charge on any atom is -0.480 e. The maximum atomic E-state index is 12.2. The summed E-state index contributed by atoms with van der Waals surface area (Å²) in [5, 5.41) is 15.6. The molecule has 22 heavy (non-hydrogen) atoms. The van der Waals surface area contributed by atoms with Crippen molar-refractivity contribution in [2.24, 2.45) is 0 Å². The van der Waals surface area contributed by atoms with Crippen LogP contribution in [0.3, 0.4) is 0 Å². The monoisotopic (exact) mass is 301 g/mol. The molecular weight excluding hydrogens is 282 g/mol. The van der Waals surface area contributed by atoms with Crippen molar-refractivity contribution in [3.63, 3.8) is 0 Å². The van der Waals surface area contributed by atoms with E-state index in [2.05, 4.69) is 10.4 Å². The summed E-state index contributed by atoms with van der Waals surface area (Å²) in [4.78, 5) is 23.1. The molecule has 0 bridgehead atoms. The maximum Gasteiger partial charge on any atom is 0.325 e. The molecule has 1 heterocycles. The molecule has 1 amide bonds. The first-order chi connectivity index (χ1) is 10.5. The quantitative estimate of drug-likeness (QED) is 0.884. The molecule has 0 fully saturated rings. The molecule has 1 aromatic heterocycles. The van der Waals surface area contributed by atoms with E-state index in [1.54, 1.807) is 4.68 Å². The van der Waals surface area contributed by atoms with Crippen molar-refractivity contribution in [1.82, 2.24) is 15.1 Å². The third-order valence-corrected chi connectivity index (χ3v) is 3.51. The number of hydrogen-bond donors (Lipinski definition) is 2. The number of carbonyl (C=O) groups is 2. The second-order valence-corrected chi connectivity index (χ2v) is 5.09. The lowest BCUT2D eigenvalue weighted by Gasteiger charge is -2.12. The minimum absolute atomic E-state index is 0.402. The Morgan fingerprint density at radius 2 is 2.05 bits per heavy atom. The smallest absolute Gasteiger partial charge is 0.325 e. The van der Waals surface area contributed by atoms with E-state index in [9.17, 15) is 9.59 Å². The highest BCUT2D eigenvalue weighted by molar-refractivity contribution is 5.97. The first kappa shape index (κ1) is 15.8. The fraction of sp³-hybridized carbons (Fsp3) is 0.312. The molecule has 0 spiro atoms. The van der Waals surface area contributed by atoms with Gasteiger partial charge in [0.1, 0.15) is 6.04 Å². The number of benzene rings is 1. The predicted molar refractivity (Wildman–Crippen MR) is 82.2 cm³/mol. The van der Waals surface area contributed by atoms with Gasteiger partial charge >= 0.3 is 5.97 Å². The number of rotatable bonds is 5. The Bertz CT molecular complexity index is 706. The van der Waals surface area contributed by atoms with E-state index in [-0.39, 0.29) is 0 Å². The molecule has 2 rings (SSSR count). The highest BCUT2D eigenvalue weighted by Gasteiger charge is 2.21. The molecule has 1 aromatic carbocycles. The number of hydrogen-bond acceptors (Lipinski definition) is 3. The Labute approximate surface area is 128 Å². The minimum atomic E-state index is -1.07. The molecule has 0 saturated carbocycles. The van der Waals surface area contributed by atoms with Gasteiger partial charge in [-0.1, -0.05) is 25.1 Å². The van der Waals surface area contributed by atoms with Gasteiger partial charge in [-0.2, -0.15) is 5.10 Å². The van der Waals surface area contributed by atoms with Crippen molar-refractivity contribution in [2.45, 2.75) is 33.2 Å². The van der Waals surface area contributed by atoms with Gasteiger partial charge in [-0.15, -0.1) is 0 Å². The zero-order valence-electron chi connectivity index (χ0n) is 12.8. The molecule has 1 unspecified atom stereocenters. The fourth-order valence-electron chi connectivity index (χ4n) is 2.25. The van der Waals surface area contributed by atoms with E-state index in [1.807, 2.05) is 38.1 Å². The van der Waals surface area contributed by atoms with Crippen molar-refractivity contribution in [2.75, 3.05) is 0 Å². The van der Waals surface area contributed by atoms with E-state index in [4.69, 9.17) is 5.11 Å². The van der Waals surface area contributed by atoms with Gasteiger partial charge in [0, 0.05) is 0 Å². The summed E-state index contributed by atoms with van der Waals surface area (Å²) < 4.78 is 1.73. The number of carboxylic acid groups (broad SMARTS) is 1. The van der Waals surface area contributed by atoms with Crippen LogP contribution < -0.4 is 5.32 Å². The highest BCUT2D eigenvalue weighted by Crippen LogP contribution is 2.18. The largest absolute Gasteiger partial charge is 0.480 e. The van der Waals surface area contributed by atoms with Crippen LogP contribution in [0.2, 0.25) is 0 Å². The summed E-state index contributed by atoms with van der Waals surface area (Å²) in [6.07, 6.45) is 2.09. The van der Waals surface area contributed by atoms with E-state index in [0.717, 1.165) is 16.9 Å². The lowest BCUT2D eigenvalue weighted by molar-refractivity contribution is -0.138. The zero-order valence-corrected chi connectivity index (χ0v) is 12.8. The second kappa shape index (κ2) is 6.43. The van der Waals surface area contributed by atoms with Crippen molar-refractivity contribution >= 4 is 11.9 Å². The van der Waals surface area contributed by atoms with Crippen LogP contribution in [0.4, 0.5) is 0 Å². The summed E-state index contributed by atoms with van der Waals surface area (Å²) in [6, 6.07) is 6.82. The molecule has 0 saturated heterocycles. The molecule has 2 aromatic rings. The second-order valence-electron chi connectivity index (χ2n) is 5.09. The Morgan fingerprint density at radius 3 is 2.64 bits per heavy atom. The van der Waals surface area contributed by atoms with Gasteiger partial charge in [-0.3, -0.25) is 9.59 Å². The zero-order chi connectivity index (χ0) is 16.3. The number of para-hydroxylation sites is 1. The number of carbonyl (C=O) groups excluding carboxylic acids is 1. The van der Waals surface area contributed by atoms with Gasteiger partial charge in [-0.05, 0) is 31.9 Å². The van der Waals surface area contributed by atoms with Gasteiger partial charge in [0.2, 0.25) is 0 Å². The average Bonchev–Trinajstić information content (AvgIpc) is 2.91. The Kier molecular flexibility index (Phi) is 4.60. The molecule has 0 aliphatic heterocycles. The number of aryl methyl sites for hydroxylation is 1. The summed E-state index contributed by atoms with van der Waals surface area (Å²) >= 11 is 0. The molecule has 6 heteroatoms. The van der Waals surface area contributed by atoms with Gasteiger partial charge in [0.15, 0.2) is 0 Å². The van der Waals surface area contributed by atoms with Gasteiger partial charge in [0.25, 0.3) is 5.91 Å². The Balaban J connectivity index is 2.38. The van der Waals surface area contributed by atoms with E-state index < -0.39 is 17.9 Å². The van der Waals surface area contributed by atoms with E-state index in [0.29, 0.717) is 12.0 Å². The van der Waals surface area contributed by atoms with Crippen molar-refractivity contribution in [3.05, 3.63) is 47.3 Å². The standard InChI is InChI=1S/C16H19N3O3/c1-4-13-12(15(20)18-11(3)16(21)22)9-17-19(13)14-8-6-5-7-10(14)2/h5-9,11H,4H2,1-3H3,(H,18,20)(H,21,22). The van der Waals surface area contributed by atoms with Crippen LogP contribution in [0.25, 0.3) is 5.69 Å². The maximum absolute atomic E-state index is 12.2. The van der Waals surface area contributed by atoms with Crippen LogP contribution in [-0.2, 0) is 11.2 Å². The van der Waals surface area contributed by atoms with E-state index >= 15 is 0 Å². The van der Waals surface area contributed by atoms with Crippen LogP contribution in [-0.4, -0.2) is 32.8 Å². The predicted octanol–water partition coefficient (Wildman–Crippen LogP) is 1.95. The number of aliphatic carboxylic acids is 1. The van der Waals surface area contributed by atoms with E-state index in [1.165, 1.54) is 13.1 Å². The molecule has 6 nitrogen and oxygen atoms in total.